The maximum atomic E-state index is 12.4. The number of carbonyl (C=O) groups is 1. The summed E-state index contributed by atoms with van der Waals surface area (Å²) in [5.74, 6) is 1.26. The number of aromatic nitrogens is 3. The summed E-state index contributed by atoms with van der Waals surface area (Å²) in [5, 5.41) is 13.4. The standard InChI is InChI=1S/C24H20BrN5O2S/c1-32-21-13-6-5-8-18(21)15-26-27-22(31)16-33-24-29-28-23(17-9-7-10-19(25)14-17)30(24)20-11-3-2-4-12-20/h2-15H,16H2,1H3,(H,27,31)/b26-15+. The molecule has 0 aliphatic heterocycles. The lowest BCUT2D eigenvalue weighted by molar-refractivity contribution is -0.118. The molecule has 1 amide bonds. The number of rotatable bonds is 8. The maximum Gasteiger partial charge on any atom is 0.250 e. The van der Waals surface area contributed by atoms with Crippen LogP contribution in [0.4, 0.5) is 0 Å². The molecular weight excluding hydrogens is 502 g/mol. The number of hydrazone groups is 1. The highest BCUT2D eigenvalue weighted by molar-refractivity contribution is 9.10. The fourth-order valence-corrected chi connectivity index (χ4v) is 4.24. The molecule has 7 nitrogen and oxygen atoms in total. The van der Waals surface area contributed by atoms with Gasteiger partial charge >= 0.3 is 0 Å². The zero-order valence-corrected chi connectivity index (χ0v) is 20.1. The smallest absolute Gasteiger partial charge is 0.250 e. The number of thioether (sulfide) groups is 1. The predicted octanol–water partition coefficient (Wildman–Crippen LogP) is 4.95. The summed E-state index contributed by atoms with van der Waals surface area (Å²) < 4.78 is 8.17. The van der Waals surface area contributed by atoms with Crippen LogP contribution in [-0.2, 0) is 4.79 Å². The van der Waals surface area contributed by atoms with E-state index in [9.17, 15) is 4.79 Å². The Morgan fingerprint density at radius 1 is 1.09 bits per heavy atom. The molecule has 0 saturated heterocycles. The maximum absolute atomic E-state index is 12.4. The third-order valence-corrected chi connectivity index (χ3v) is 6.02. The molecule has 33 heavy (non-hydrogen) atoms. The van der Waals surface area contributed by atoms with Gasteiger partial charge in [0.2, 0.25) is 0 Å². The van der Waals surface area contributed by atoms with Crippen molar-refractivity contribution in [2.75, 3.05) is 12.9 Å². The third-order valence-electron chi connectivity index (χ3n) is 4.59. The van der Waals surface area contributed by atoms with Gasteiger partial charge in [-0.25, -0.2) is 5.43 Å². The second-order valence-electron chi connectivity index (χ2n) is 6.81. The molecule has 0 unspecified atom stereocenters. The van der Waals surface area contributed by atoms with Crippen LogP contribution in [0.15, 0.2) is 93.6 Å². The molecule has 1 N–H and O–H groups in total. The summed E-state index contributed by atoms with van der Waals surface area (Å²) in [6, 6.07) is 25.1. The minimum atomic E-state index is -0.252. The van der Waals surface area contributed by atoms with Gasteiger partial charge in [0.25, 0.3) is 5.91 Å². The van der Waals surface area contributed by atoms with Crippen LogP contribution in [0.1, 0.15) is 5.56 Å². The highest BCUT2D eigenvalue weighted by Gasteiger charge is 2.17. The first-order valence-corrected chi connectivity index (χ1v) is 11.8. The van der Waals surface area contributed by atoms with Crippen LogP contribution >= 0.6 is 27.7 Å². The van der Waals surface area contributed by atoms with Crippen molar-refractivity contribution in [2.45, 2.75) is 5.16 Å². The minimum absolute atomic E-state index is 0.132. The van der Waals surface area contributed by atoms with E-state index >= 15 is 0 Å². The molecule has 4 aromatic rings. The Bertz CT molecular complexity index is 1280. The summed E-state index contributed by atoms with van der Waals surface area (Å²) in [6.07, 6.45) is 1.55. The number of carbonyl (C=O) groups excluding carboxylic acids is 1. The molecule has 9 heteroatoms. The van der Waals surface area contributed by atoms with E-state index in [0.717, 1.165) is 21.3 Å². The summed E-state index contributed by atoms with van der Waals surface area (Å²) in [5.41, 5.74) is 5.15. The second-order valence-corrected chi connectivity index (χ2v) is 8.67. The molecule has 1 aromatic heterocycles. The van der Waals surface area contributed by atoms with Gasteiger partial charge in [-0.05, 0) is 36.4 Å². The number of para-hydroxylation sites is 2. The lowest BCUT2D eigenvalue weighted by Crippen LogP contribution is -2.20. The number of amides is 1. The van der Waals surface area contributed by atoms with Crippen molar-refractivity contribution < 1.29 is 9.53 Å². The summed E-state index contributed by atoms with van der Waals surface area (Å²) in [6.45, 7) is 0. The molecule has 0 spiro atoms. The van der Waals surface area contributed by atoms with Gasteiger partial charge in [-0.2, -0.15) is 5.10 Å². The van der Waals surface area contributed by atoms with E-state index < -0.39 is 0 Å². The van der Waals surface area contributed by atoms with Crippen LogP contribution in [-0.4, -0.2) is 39.7 Å². The van der Waals surface area contributed by atoms with Crippen LogP contribution in [0.5, 0.6) is 5.75 Å². The van der Waals surface area contributed by atoms with Crippen LogP contribution in [0.25, 0.3) is 17.1 Å². The van der Waals surface area contributed by atoms with Crippen molar-refractivity contribution in [1.82, 2.24) is 20.2 Å². The number of nitrogens with zero attached hydrogens (tertiary/aromatic N) is 4. The first-order chi connectivity index (χ1) is 16.2. The lowest BCUT2D eigenvalue weighted by atomic mass is 10.2. The number of benzene rings is 3. The molecule has 0 aliphatic rings. The average molecular weight is 522 g/mol. The Morgan fingerprint density at radius 3 is 2.67 bits per heavy atom. The molecular formula is C24H20BrN5O2S. The Kier molecular flexibility index (Phi) is 7.54. The van der Waals surface area contributed by atoms with E-state index in [4.69, 9.17) is 4.74 Å². The number of hydrogen-bond donors (Lipinski definition) is 1. The van der Waals surface area contributed by atoms with Crippen molar-refractivity contribution in [3.8, 4) is 22.8 Å². The van der Waals surface area contributed by atoms with E-state index in [0.29, 0.717) is 16.7 Å². The SMILES string of the molecule is COc1ccccc1/C=N/NC(=O)CSc1nnc(-c2cccc(Br)c2)n1-c1ccccc1. The van der Waals surface area contributed by atoms with E-state index in [-0.39, 0.29) is 11.7 Å². The van der Waals surface area contributed by atoms with Crippen LogP contribution in [0.2, 0.25) is 0 Å². The van der Waals surface area contributed by atoms with Gasteiger partial charge in [-0.1, -0.05) is 70.2 Å². The largest absolute Gasteiger partial charge is 0.496 e. The third kappa shape index (κ3) is 5.68. The van der Waals surface area contributed by atoms with Crippen molar-refractivity contribution in [3.05, 3.63) is 88.9 Å². The molecule has 0 saturated carbocycles. The number of methoxy groups -OCH3 is 1. The number of nitrogens with one attached hydrogen (secondary N) is 1. The summed E-state index contributed by atoms with van der Waals surface area (Å²) in [4.78, 5) is 12.4. The molecule has 166 valence electrons. The first kappa shape index (κ1) is 22.8. The van der Waals surface area contributed by atoms with E-state index in [1.807, 2.05) is 83.4 Å². The van der Waals surface area contributed by atoms with Crippen molar-refractivity contribution >= 4 is 39.8 Å². The van der Waals surface area contributed by atoms with Gasteiger partial charge in [0.05, 0.1) is 19.1 Å². The summed E-state index contributed by atoms with van der Waals surface area (Å²) >= 11 is 4.80. The zero-order valence-electron chi connectivity index (χ0n) is 17.7. The van der Waals surface area contributed by atoms with Crippen LogP contribution < -0.4 is 10.2 Å². The molecule has 0 bridgehead atoms. The highest BCUT2D eigenvalue weighted by Crippen LogP contribution is 2.29. The highest BCUT2D eigenvalue weighted by atomic mass is 79.9. The summed E-state index contributed by atoms with van der Waals surface area (Å²) in [7, 11) is 1.59. The number of halogens is 1. The zero-order chi connectivity index (χ0) is 23.0. The molecule has 3 aromatic carbocycles. The van der Waals surface area contributed by atoms with Gasteiger partial charge in [-0.15, -0.1) is 10.2 Å². The quantitative estimate of drug-likeness (QED) is 0.201. The van der Waals surface area contributed by atoms with Gasteiger partial charge in [0, 0.05) is 21.3 Å². The fourth-order valence-electron chi connectivity index (χ4n) is 3.10. The van der Waals surface area contributed by atoms with E-state index in [1.165, 1.54) is 11.8 Å². The van der Waals surface area contributed by atoms with Crippen LogP contribution in [0, 0.1) is 0 Å². The van der Waals surface area contributed by atoms with Crippen molar-refractivity contribution in [3.63, 3.8) is 0 Å². The van der Waals surface area contributed by atoms with Gasteiger partial charge < -0.3 is 4.74 Å². The van der Waals surface area contributed by atoms with Crippen molar-refractivity contribution in [1.29, 1.82) is 0 Å². The minimum Gasteiger partial charge on any atom is -0.496 e. The number of ether oxygens (including phenoxy) is 1. The molecule has 0 aliphatic carbocycles. The molecule has 0 atom stereocenters. The van der Waals surface area contributed by atoms with E-state index in [1.54, 1.807) is 13.3 Å². The van der Waals surface area contributed by atoms with Crippen LogP contribution in [0.3, 0.4) is 0 Å². The van der Waals surface area contributed by atoms with Gasteiger partial charge in [-0.3, -0.25) is 9.36 Å². The Hall–Kier alpha value is -3.43. The average Bonchev–Trinajstić information content (AvgIpc) is 3.27. The fraction of sp³-hybridized carbons (Fsp3) is 0.0833. The number of hydrogen-bond acceptors (Lipinski definition) is 6. The molecule has 0 fully saturated rings. The van der Waals surface area contributed by atoms with Gasteiger partial charge in [0.1, 0.15) is 5.75 Å². The first-order valence-electron chi connectivity index (χ1n) is 10.00. The Balaban J connectivity index is 1.50. The lowest BCUT2D eigenvalue weighted by Gasteiger charge is -2.10. The Morgan fingerprint density at radius 2 is 1.88 bits per heavy atom. The van der Waals surface area contributed by atoms with Gasteiger partial charge in [0.15, 0.2) is 11.0 Å². The Labute approximate surface area is 204 Å². The molecule has 4 rings (SSSR count). The van der Waals surface area contributed by atoms with E-state index in [2.05, 4.69) is 36.7 Å². The topological polar surface area (TPSA) is 81.4 Å². The normalized spacial score (nSPS) is 11.0. The second kappa shape index (κ2) is 10.9. The molecule has 0 radical (unpaired) electrons. The van der Waals surface area contributed by atoms with Crippen molar-refractivity contribution in [2.24, 2.45) is 5.10 Å². The molecule has 1 heterocycles. The monoisotopic (exact) mass is 521 g/mol. The predicted molar refractivity (Wildman–Crippen MR) is 134 cm³/mol.